The van der Waals surface area contributed by atoms with Gasteiger partial charge in [0.2, 0.25) is 0 Å². The summed E-state index contributed by atoms with van der Waals surface area (Å²) < 4.78 is 0. The van der Waals surface area contributed by atoms with Crippen molar-refractivity contribution < 1.29 is 9.90 Å². The lowest BCUT2D eigenvalue weighted by molar-refractivity contribution is -0.131. The van der Waals surface area contributed by atoms with Crippen LogP contribution in [0.1, 0.15) is 19.4 Å². The topological polar surface area (TPSA) is 75.3 Å². The highest BCUT2D eigenvalue weighted by Crippen LogP contribution is 2.09. The molecule has 1 atom stereocenters. The monoisotopic (exact) mass is 221 g/mol. The van der Waals surface area contributed by atoms with Gasteiger partial charge in [-0.2, -0.15) is 0 Å². The van der Waals surface area contributed by atoms with Crippen molar-refractivity contribution in [2.24, 2.45) is 5.92 Å². The smallest absolute Gasteiger partial charge is 0.178 e. The van der Waals surface area contributed by atoms with Gasteiger partial charge in [0.25, 0.3) is 0 Å². The molecule has 0 aromatic heterocycles. The zero-order valence-corrected chi connectivity index (χ0v) is 9.53. The Hall–Kier alpha value is -1.39. The molecular formula is C12H17N2O2. The maximum Gasteiger partial charge on any atom is 0.178 e. The van der Waals surface area contributed by atoms with Crippen LogP contribution in [0.25, 0.3) is 0 Å². The molecule has 1 aromatic rings. The van der Waals surface area contributed by atoms with Crippen molar-refractivity contribution in [1.29, 1.82) is 0 Å². The highest BCUT2D eigenvalue weighted by Gasteiger charge is 2.17. The lowest BCUT2D eigenvalue weighted by Crippen LogP contribution is -2.38. The summed E-state index contributed by atoms with van der Waals surface area (Å²) in [6.07, 6.45) is -1.14. The first-order valence-corrected chi connectivity index (χ1v) is 5.22. The van der Waals surface area contributed by atoms with Crippen molar-refractivity contribution in [1.82, 2.24) is 5.32 Å². The second kappa shape index (κ2) is 5.63. The van der Waals surface area contributed by atoms with Gasteiger partial charge in [-0.1, -0.05) is 32.0 Å². The molecule has 16 heavy (non-hydrogen) atoms. The standard InChI is InChI=1S/C12H17N2O2/c1-8(2)11(15)12(16)14-7-9-5-3-4-6-10(9)13/h3-5,8,12,14,16H,7,13H2,1-2H3. The summed E-state index contributed by atoms with van der Waals surface area (Å²) in [6, 6.07) is 8.20. The number of aliphatic hydroxyl groups excluding tert-OH is 1. The molecule has 1 aromatic carbocycles. The zero-order valence-electron chi connectivity index (χ0n) is 9.53. The normalized spacial score (nSPS) is 12.8. The fourth-order valence-electron chi connectivity index (χ4n) is 1.26. The molecule has 0 heterocycles. The molecule has 4 heteroatoms. The molecule has 4 nitrogen and oxygen atoms in total. The number of nitrogen functional groups attached to an aromatic ring is 1. The highest BCUT2D eigenvalue weighted by atomic mass is 16.3. The predicted molar refractivity (Wildman–Crippen MR) is 62.4 cm³/mol. The Morgan fingerprint density at radius 2 is 2.31 bits per heavy atom. The molecule has 0 aliphatic carbocycles. The van der Waals surface area contributed by atoms with Crippen LogP contribution in [0.3, 0.4) is 0 Å². The quantitative estimate of drug-likeness (QED) is 0.505. The van der Waals surface area contributed by atoms with Crippen molar-refractivity contribution in [3.8, 4) is 0 Å². The molecule has 0 amide bonds. The van der Waals surface area contributed by atoms with Crippen molar-refractivity contribution in [3.05, 3.63) is 29.8 Å². The minimum Gasteiger partial charge on any atom is -0.398 e. The molecule has 0 saturated carbocycles. The number of nitrogens with two attached hydrogens (primary N) is 1. The van der Waals surface area contributed by atoms with E-state index in [-0.39, 0.29) is 11.7 Å². The summed E-state index contributed by atoms with van der Waals surface area (Å²) in [7, 11) is 0. The van der Waals surface area contributed by atoms with Crippen LogP contribution in [0, 0.1) is 12.0 Å². The van der Waals surface area contributed by atoms with E-state index in [1.54, 1.807) is 19.9 Å². The van der Waals surface area contributed by atoms with Gasteiger partial charge in [0.1, 0.15) is 0 Å². The number of rotatable bonds is 5. The maximum absolute atomic E-state index is 11.4. The van der Waals surface area contributed by atoms with Gasteiger partial charge in [-0.3, -0.25) is 10.1 Å². The third kappa shape index (κ3) is 3.32. The van der Waals surface area contributed by atoms with E-state index in [1.807, 2.05) is 12.1 Å². The van der Waals surface area contributed by atoms with Crippen LogP contribution >= 0.6 is 0 Å². The summed E-state index contributed by atoms with van der Waals surface area (Å²) in [4.78, 5) is 11.4. The fraction of sp³-hybridized carbons (Fsp3) is 0.417. The van der Waals surface area contributed by atoms with E-state index in [0.717, 1.165) is 5.56 Å². The van der Waals surface area contributed by atoms with Crippen molar-refractivity contribution in [3.63, 3.8) is 0 Å². The van der Waals surface area contributed by atoms with Gasteiger partial charge < -0.3 is 10.8 Å². The van der Waals surface area contributed by atoms with Gasteiger partial charge in [0.15, 0.2) is 12.0 Å². The van der Waals surface area contributed by atoms with Crippen molar-refractivity contribution in [2.45, 2.75) is 26.6 Å². The molecule has 0 aliphatic rings. The number of anilines is 1. The number of nitrogens with one attached hydrogen (secondary N) is 1. The molecule has 1 radical (unpaired) electrons. The number of ketones is 1. The maximum atomic E-state index is 11.4. The zero-order chi connectivity index (χ0) is 12.1. The Kier molecular flexibility index (Phi) is 4.46. The van der Waals surface area contributed by atoms with E-state index in [2.05, 4.69) is 11.4 Å². The van der Waals surface area contributed by atoms with Gasteiger partial charge in [-0.15, -0.1) is 0 Å². The van der Waals surface area contributed by atoms with E-state index in [1.165, 1.54) is 0 Å². The van der Waals surface area contributed by atoms with Gasteiger partial charge in [-0.05, 0) is 5.56 Å². The number of benzene rings is 1. The molecule has 1 unspecified atom stereocenters. The summed E-state index contributed by atoms with van der Waals surface area (Å²) in [5.74, 6) is -0.416. The highest BCUT2D eigenvalue weighted by molar-refractivity contribution is 5.84. The Labute approximate surface area is 95.5 Å². The summed E-state index contributed by atoms with van der Waals surface area (Å²) >= 11 is 0. The summed E-state index contributed by atoms with van der Waals surface area (Å²) in [5, 5.41) is 12.3. The van der Waals surface area contributed by atoms with Crippen LogP contribution < -0.4 is 11.1 Å². The second-order valence-corrected chi connectivity index (χ2v) is 3.95. The molecule has 0 spiro atoms. The Bertz CT molecular complexity index is 364. The van der Waals surface area contributed by atoms with E-state index < -0.39 is 6.23 Å². The Morgan fingerprint density at radius 3 is 2.88 bits per heavy atom. The van der Waals surface area contributed by atoms with E-state index in [0.29, 0.717) is 12.2 Å². The fourth-order valence-corrected chi connectivity index (χ4v) is 1.26. The Morgan fingerprint density at radius 1 is 1.62 bits per heavy atom. The first kappa shape index (κ1) is 12.7. The SMILES string of the molecule is CC(C)C(=O)C(O)NCc1ccc[c]c1N. The van der Waals surface area contributed by atoms with E-state index in [9.17, 15) is 9.90 Å². The minimum absolute atomic E-state index is 0.192. The van der Waals surface area contributed by atoms with Crippen LogP contribution in [0.4, 0.5) is 5.69 Å². The predicted octanol–water partition coefficient (Wildman–Crippen LogP) is 0.702. The van der Waals surface area contributed by atoms with Crippen LogP contribution in [-0.4, -0.2) is 17.1 Å². The van der Waals surface area contributed by atoms with Crippen LogP contribution in [0.2, 0.25) is 0 Å². The third-order valence-electron chi connectivity index (χ3n) is 2.30. The average molecular weight is 221 g/mol. The molecule has 0 saturated heterocycles. The molecule has 87 valence electrons. The number of para-hydroxylation sites is 1. The second-order valence-electron chi connectivity index (χ2n) is 3.95. The van der Waals surface area contributed by atoms with Crippen LogP contribution in [0.15, 0.2) is 18.2 Å². The molecule has 4 N–H and O–H groups in total. The van der Waals surface area contributed by atoms with E-state index >= 15 is 0 Å². The molecule has 1 rings (SSSR count). The number of Topliss-reactive ketones (excluding diaryl/α,β-unsaturated/α-hetero) is 1. The summed E-state index contributed by atoms with van der Waals surface area (Å²) in [6.45, 7) is 3.85. The van der Waals surface area contributed by atoms with Gasteiger partial charge >= 0.3 is 0 Å². The Balaban J connectivity index is 2.52. The molecule has 0 aliphatic heterocycles. The summed E-state index contributed by atoms with van der Waals surface area (Å²) in [5.41, 5.74) is 7.03. The van der Waals surface area contributed by atoms with E-state index in [4.69, 9.17) is 5.73 Å². The minimum atomic E-state index is -1.14. The first-order valence-electron chi connectivity index (χ1n) is 5.22. The third-order valence-corrected chi connectivity index (χ3v) is 2.30. The number of carbonyl (C=O) groups is 1. The van der Waals surface area contributed by atoms with Crippen LogP contribution in [0.5, 0.6) is 0 Å². The number of carbonyl (C=O) groups excluding carboxylic acids is 1. The number of hydrogen-bond acceptors (Lipinski definition) is 4. The number of aliphatic hydroxyl groups is 1. The molecule has 0 bridgehead atoms. The lowest BCUT2D eigenvalue weighted by atomic mass is 10.1. The molecule has 0 fully saturated rings. The molecular weight excluding hydrogens is 204 g/mol. The lowest BCUT2D eigenvalue weighted by Gasteiger charge is -2.14. The van der Waals surface area contributed by atoms with Gasteiger partial charge in [0.05, 0.1) is 0 Å². The van der Waals surface area contributed by atoms with Gasteiger partial charge in [0, 0.05) is 24.2 Å². The average Bonchev–Trinajstić information content (AvgIpc) is 2.26. The van der Waals surface area contributed by atoms with Crippen molar-refractivity contribution >= 4 is 11.5 Å². The number of hydrogen-bond donors (Lipinski definition) is 3. The first-order chi connectivity index (χ1) is 7.52. The largest absolute Gasteiger partial charge is 0.398 e. The van der Waals surface area contributed by atoms with Gasteiger partial charge in [-0.25, -0.2) is 0 Å². The van der Waals surface area contributed by atoms with Crippen LogP contribution in [-0.2, 0) is 11.3 Å². The van der Waals surface area contributed by atoms with Crippen molar-refractivity contribution in [2.75, 3.05) is 5.73 Å².